The lowest BCUT2D eigenvalue weighted by Crippen LogP contribution is -2.45. The van der Waals surface area contributed by atoms with Gasteiger partial charge in [0.05, 0.1) is 5.60 Å². The van der Waals surface area contributed by atoms with Crippen molar-refractivity contribution in [2.75, 3.05) is 13.1 Å². The Labute approximate surface area is 107 Å². The van der Waals surface area contributed by atoms with Crippen molar-refractivity contribution in [1.82, 2.24) is 4.90 Å². The van der Waals surface area contributed by atoms with Gasteiger partial charge in [-0.05, 0) is 50.5 Å². The Morgan fingerprint density at radius 3 is 2.50 bits per heavy atom. The summed E-state index contributed by atoms with van der Waals surface area (Å²) in [6.07, 6.45) is 1.21. The van der Waals surface area contributed by atoms with Crippen LogP contribution in [-0.2, 0) is 0 Å². The van der Waals surface area contributed by atoms with E-state index in [9.17, 15) is 15.0 Å². The van der Waals surface area contributed by atoms with Crippen LogP contribution in [0.2, 0.25) is 0 Å². The second-order valence-corrected chi connectivity index (χ2v) is 5.29. The highest BCUT2D eigenvalue weighted by atomic mass is 16.3. The first-order valence-electron chi connectivity index (χ1n) is 6.20. The largest absolute Gasteiger partial charge is 0.508 e. The van der Waals surface area contributed by atoms with Gasteiger partial charge in [-0.3, -0.25) is 4.79 Å². The summed E-state index contributed by atoms with van der Waals surface area (Å²) in [7, 11) is 0. The number of phenols is 1. The molecule has 1 aliphatic heterocycles. The molecule has 0 aromatic heterocycles. The number of nitrogens with zero attached hydrogens (tertiary/aromatic N) is 1. The number of aliphatic hydroxyl groups is 1. The summed E-state index contributed by atoms with van der Waals surface area (Å²) >= 11 is 0. The van der Waals surface area contributed by atoms with Crippen LogP contribution >= 0.6 is 0 Å². The average Bonchev–Trinajstić information content (AvgIpc) is 2.32. The fourth-order valence-electron chi connectivity index (χ4n) is 2.16. The molecule has 0 unspecified atom stereocenters. The smallest absolute Gasteiger partial charge is 0.253 e. The Hall–Kier alpha value is -1.55. The predicted molar refractivity (Wildman–Crippen MR) is 68.6 cm³/mol. The summed E-state index contributed by atoms with van der Waals surface area (Å²) < 4.78 is 0. The van der Waals surface area contributed by atoms with Gasteiger partial charge in [0.2, 0.25) is 0 Å². The molecule has 1 aliphatic rings. The van der Waals surface area contributed by atoms with Crippen LogP contribution in [0.1, 0.15) is 35.7 Å². The molecule has 1 amide bonds. The molecule has 4 nitrogen and oxygen atoms in total. The van der Waals surface area contributed by atoms with Crippen LogP contribution in [0.4, 0.5) is 0 Å². The summed E-state index contributed by atoms with van der Waals surface area (Å²) in [6.45, 7) is 4.73. The molecule has 1 heterocycles. The third-order valence-electron chi connectivity index (χ3n) is 3.57. The van der Waals surface area contributed by atoms with Gasteiger partial charge in [0.1, 0.15) is 5.75 Å². The van der Waals surface area contributed by atoms with Gasteiger partial charge in [-0.1, -0.05) is 0 Å². The molecule has 18 heavy (non-hydrogen) atoms. The Morgan fingerprint density at radius 2 is 1.94 bits per heavy atom. The summed E-state index contributed by atoms with van der Waals surface area (Å²) in [4.78, 5) is 14.0. The fraction of sp³-hybridized carbons (Fsp3) is 0.500. The number of phenolic OH excluding ortho intramolecular Hbond substituents is 1. The first kappa shape index (κ1) is 12.9. The minimum absolute atomic E-state index is 0.0337. The maximum Gasteiger partial charge on any atom is 0.253 e. The standard InChI is InChI=1S/C14H19NO3/c1-10-9-11(3-4-12(10)16)13(17)15-7-5-14(2,18)6-8-15/h3-4,9,16,18H,5-8H2,1-2H3. The molecule has 0 saturated carbocycles. The highest BCUT2D eigenvalue weighted by molar-refractivity contribution is 5.94. The number of carbonyl (C=O) groups excluding carboxylic acids is 1. The van der Waals surface area contributed by atoms with Crippen molar-refractivity contribution in [1.29, 1.82) is 0 Å². The van der Waals surface area contributed by atoms with Crippen LogP contribution in [0.3, 0.4) is 0 Å². The molecule has 0 spiro atoms. The monoisotopic (exact) mass is 249 g/mol. The van der Waals surface area contributed by atoms with Crippen molar-refractivity contribution >= 4 is 5.91 Å². The van der Waals surface area contributed by atoms with E-state index in [1.807, 2.05) is 0 Å². The van der Waals surface area contributed by atoms with Crippen LogP contribution in [0.15, 0.2) is 18.2 Å². The zero-order chi connectivity index (χ0) is 13.3. The van der Waals surface area contributed by atoms with E-state index >= 15 is 0 Å². The lowest BCUT2D eigenvalue weighted by Gasteiger charge is -2.35. The minimum atomic E-state index is -0.651. The van der Waals surface area contributed by atoms with E-state index in [0.717, 1.165) is 0 Å². The van der Waals surface area contributed by atoms with Crippen molar-refractivity contribution in [2.24, 2.45) is 0 Å². The van der Waals surface area contributed by atoms with Crippen LogP contribution < -0.4 is 0 Å². The summed E-state index contributed by atoms with van der Waals surface area (Å²) in [5.41, 5.74) is 0.637. The number of aromatic hydroxyl groups is 1. The molecule has 2 N–H and O–H groups in total. The van der Waals surface area contributed by atoms with Crippen LogP contribution in [0.5, 0.6) is 5.75 Å². The van der Waals surface area contributed by atoms with E-state index in [1.165, 1.54) is 0 Å². The molecule has 98 valence electrons. The molecule has 2 rings (SSSR count). The number of aryl methyl sites for hydroxylation is 1. The van der Waals surface area contributed by atoms with Crippen molar-refractivity contribution in [3.63, 3.8) is 0 Å². The SMILES string of the molecule is Cc1cc(C(=O)N2CCC(C)(O)CC2)ccc1O. The number of hydrogen-bond donors (Lipinski definition) is 2. The Morgan fingerprint density at radius 1 is 1.33 bits per heavy atom. The van der Waals surface area contributed by atoms with Crippen LogP contribution in [0.25, 0.3) is 0 Å². The highest BCUT2D eigenvalue weighted by Crippen LogP contribution is 2.23. The van der Waals surface area contributed by atoms with E-state index in [1.54, 1.807) is 36.9 Å². The Bertz CT molecular complexity index is 458. The van der Waals surface area contributed by atoms with Gasteiger partial charge >= 0.3 is 0 Å². The zero-order valence-electron chi connectivity index (χ0n) is 10.8. The van der Waals surface area contributed by atoms with Gasteiger partial charge in [0.15, 0.2) is 0 Å². The molecule has 0 bridgehead atoms. The third kappa shape index (κ3) is 2.64. The van der Waals surface area contributed by atoms with Gasteiger partial charge < -0.3 is 15.1 Å². The van der Waals surface area contributed by atoms with Gasteiger partial charge in [-0.2, -0.15) is 0 Å². The topological polar surface area (TPSA) is 60.8 Å². The number of benzene rings is 1. The predicted octanol–water partition coefficient (Wildman–Crippen LogP) is 1.69. The number of amides is 1. The van der Waals surface area contributed by atoms with E-state index in [4.69, 9.17) is 0 Å². The normalized spacial score (nSPS) is 18.7. The van der Waals surface area contributed by atoms with Gasteiger partial charge in [-0.25, -0.2) is 0 Å². The van der Waals surface area contributed by atoms with Crippen molar-refractivity contribution < 1.29 is 15.0 Å². The molecule has 0 atom stereocenters. The number of rotatable bonds is 1. The van der Waals surface area contributed by atoms with Crippen LogP contribution in [0, 0.1) is 6.92 Å². The number of piperidine rings is 1. The molecule has 1 fully saturated rings. The summed E-state index contributed by atoms with van der Waals surface area (Å²) in [5, 5.41) is 19.3. The Kier molecular flexibility index (Phi) is 3.30. The number of hydrogen-bond acceptors (Lipinski definition) is 3. The summed E-state index contributed by atoms with van der Waals surface area (Å²) in [5.74, 6) is 0.168. The molecule has 0 aliphatic carbocycles. The third-order valence-corrected chi connectivity index (χ3v) is 3.57. The minimum Gasteiger partial charge on any atom is -0.508 e. The quantitative estimate of drug-likeness (QED) is 0.796. The molecule has 1 aromatic rings. The second-order valence-electron chi connectivity index (χ2n) is 5.29. The average molecular weight is 249 g/mol. The molecular weight excluding hydrogens is 230 g/mol. The van der Waals surface area contributed by atoms with E-state index in [-0.39, 0.29) is 11.7 Å². The molecule has 1 aromatic carbocycles. The molecule has 0 radical (unpaired) electrons. The highest BCUT2D eigenvalue weighted by Gasteiger charge is 2.29. The van der Waals surface area contributed by atoms with Crippen molar-refractivity contribution in [2.45, 2.75) is 32.3 Å². The van der Waals surface area contributed by atoms with E-state index in [0.29, 0.717) is 37.1 Å². The summed E-state index contributed by atoms with van der Waals surface area (Å²) in [6, 6.07) is 4.88. The van der Waals surface area contributed by atoms with Gasteiger partial charge in [-0.15, -0.1) is 0 Å². The fourth-order valence-corrected chi connectivity index (χ4v) is 2.16. The maximum absolute atomic E-state index is 12.2. The van der Waals surface area contributed by atoms with Gasteiger partial charge in [0, 0.05) is 18.7 Å². The maximum atomic E-state index is 12.2. The first-order valence-corrected chi connectivity index (χ1v) is 6.20. The Balaban J connectivity index is 2.10. The lowest BCUT2D eigenvalue weighted by atomic mass is 9.93. The number of carbonyl (C=O) groups is 1. The van der Waals surface area contributed by atoms with Crippen molar-refractivity contribution in [3.05, 3.63) is 29.3 Å². The molecule has 4 heteroatoms. The second kappa shape index (κ2) is 4.61. The van der Waals surface area contributed by atoms with E-state index < -0.39 is 5.60 Å². The lowest BCUT2D eigenvalue weighted by molar-refractivity contribution is -0.00202. The molecule has 1 saturated heterocycles. The van der Waals surface area contributed by atoms with Crippen molar-refractivity contribution in [3.8, 4) is 5.75 Å². The molecular formula is C14H19NO3. The number of likely N-dealkylation sites (tertiary alicyclic amines) is 1. The zero-order valence-corrected chi connectivity index (χ0v) is 10.8. The van der Waals surface area contributed by atoms with E-state index in [2.05, 4.69) is 0 Å². The first-order chi connectivity index (χ1) is 8.39. The van der Waals surface area contributed by atoms with Crippen LogP contribution in [-0.4, -0.2) is 39.7 Å². The van der Waals surface area contributed by atoms with Gasteiger partial charge in [0.25, 0.3) is 5.91 Å².